The van der Waals surface area contributed by atoms with Crippen LogP contribution >= 0.6 is 0 Å². The predicted octanol–water partition coefficient (Wildman–Crippen LogP) is 2.96. The lowest BCUT2D eigenvalue weighted by Gasteiger charge is -2.36. The van der Waals surface area contributed by atoms with Gasteiger partial charge in [0.2, 0.25) is 0 Å². The molecule has 0 amide bonds. The first-order chi connectivity index (χ1) is 9.06. The molecule has 1 unspecified atom stereocenters. The highest BCUT2D eigenvalue weighted by Crippen LogP contribution is 2.38. The van der Waals surface area contributed by atoms with Crippen LogP contribution in [0.5, 0.6) is 5.75 Å². The summed E-state index contributed by atoms with van der Waals surface area (Å²) >= 11 is 0. The van der Waals surface area contributed by atoms with E-state index in [2.05, 4.69) is 30.0 Å². The van der Waals surface area contributed by atoms with Crippen molar-refractivity contribution in [3.05, 3.63) is 60.5 Å². The minimum atomic E-state index is 0.243. The fourth-order valence-electron chi connectivity index (χ4n) is 2.93. The van der Waals surface area contributed by atoms with Crippen molar-refractivity contribution in [3.8, 4) is 5.75 Å². The van der Waals surface area contributed by atoms with Gasteiger partial charge in [-0.25, -0.2) is 0 Å². The molecule has 3 rings (SSSR count). The molecular formula is C16H18N2O. The summed E-state index contributed by atoms with van der Waals surface area (Å²) in [5, 5.41) is 12.8. The normalized spacial score (nSPS) is 22.4. The van der Waals surface area contributed by atoms with Gasteiger partial charge in [0.15, 0.2) is 0 Å². The van der Waals surface area contributed by atoms with E-state index in [1.165, 1.54) is 0 Å². The molecule has 0 spiro atoms. The van der Waals surface area contributed by atoms with Crippen LogP contribution in [-0.4, -0.2) is 16.0 Å². The number of nitrogens with zero attached hydrogens (tertiary/aromatic N) is 1. The maximum atomic E-state index is 9.58. The number of hydrogen-bond donors (Lipinski definition) is 2. The SMILES string of the molecule is C=C1CCC(N2Cc3cc(O)ccc3C2=C)C(=C)N1. The van der Waals surface area contributed by atoms with Crippen molar-refractivity contribution < 1.29 is 5.11 Å². The molecule has 1 aromatic carbocycles. The molecule has 19 heavy (non-hydrogen) atoms. The van der Waals surface area contributed by atoms with E-state index in [9.17, 15) is 5.11 Å². The van der Waals surface area contributed by atoms with Gasteiger partial charge in [-0.15, -0.1) is 0 Å². The molecule has 0 bridgehead atoms. The quantitative estimate of drug-likeness (QED) is 0.808. The third kappa shape index (κ3) is 1.91. The maximum absolute atomic E-state index is 9.58. The average molecular weight is 254 g/mol. The third-order valence-electron chi connectivity index (χ3n) is 3.92. The number of phenolic OH excluding ortho intramolecular Hbond substituents is 1. The monoisotopic (exact) mass is 254 g/mol. The van der Waals surface area contributed by atoms with E-state index < -0.39 is 0 Å². The summed E-state index contributed by atoms with van der Waals surface area (Å²) in [6, 6.07) is 5.71. The second kappa shape index (κ2) is 4.19. The van der Waals surface area contributed by atoms with Gasteiger partial charge in [0.05, 0.1) is 6.04 Å². The topological polar surface area (TPSA) is 35.5 Å². The highest BCUT2D eigenvalue weighted by Gasteiger charge is 2.31. The van der Waals surface area contributed by atoms with Crippen LogP contribution < -0.4 is 5.32 Å². The lowest BCUT2D eigenvalue weighted by molar-refractivity contribution is 0.297. The fourth-order valence-corrected chi connectivity index (χ4v) is 2.93. The number of aromatic hydroxyl groups is 1. The molecule has 2 heterocycles. The van der Waals surface area contributed by atoms with Crippen molar-refractivity contribution in [1.29, 1.82) is 0 Å². The zero-order valence-corrected chi connectivity index (χ0v) is 10.9. The highest BCUT2D eigenvalue weighted by atomic mass is 16.3. The molecular weight excluding hydrogens is 236 g/mol. The van der Waals surface area contributed by atoms with E-state index in [1.807, 2.05) is 12.1 Å². The number of hydrogen-bond acceptors (Lipinski definition) is 3. The van der Waals surface area contributed by atoms with Crippen LogP contribution in [0.15, 0.2) is 49.3 Å². The van der Waals surface area contributed by atoms with E-state index in [-0.39, 0.29) is 6.04 Å². The molecule has 0 saturated carbocycles. The van der Waals surface area contributed by atoms with Gasteiger partial charge in [0.1, 0.15) is 5.75 Å². The summed E-state index contributed by atoms with van der Waals surface area (Å²) < 4.78 is 0. The van der Waals surface area contributed by atoms with Crippen LogP contribution in [0, 0.1) is 0 Å². The van der Waals surface area contributed by atoms with E-state index in [4.69, 9.17) is 0 Å². The second-order valence-electron chi connectivity index (χ2n) is 5.22. The Hall–Kier alpha value is -2.16. The highest BCUT2D eigenvalue weighted by molar-refractivity contribution is 5.70. The molecule has 1 aromatic rings. The lowest BCUT2D eigenvalue weighted by atomic mass is 10.0. The summed E-state index contributed by atoms with van der Waals surface area (Å²) in [4.78, 5) is 2.26. The Morgan fingerprint density at radius 3 is 2.79 bits per heavy atom. The number of rotatable bonds is 1. The number of allylic oxidation sites excluding steroid dienone is 1. The molecule has 1 saturated heterocycles. The van der Waals surface area contributed by atoms with Crippen LogP contribution in [-0.2, 0) is 6.54 Å². The minimum Gasteiger partial charge on any atom is -0.508 e. The van der Waals surface area contributed by atoms with Crippen molar-refractivity contribution in [2.45, 2.75) is 25.4 Å². The Morgan fingerprint density at radius 2 is 2.05 bits per heavy atom. The molecule has 1 fully saturated rings. The maximum Gasteiger partial charge on any atom is 0.115 e. The minimum absolute atomic E-state index is 0.243. The summed E-state index contributed by atoms with van der Waals surface area (Å²) in [6.45, 7) is 13.0. The van der Waals surface area contributed by atoms with Crippen molar-refractivity contribution >= 4 is 5.70 Å². The van der Waals surface area contributed by atoms with Gasteiger partial charge >= 0.3 is 0 Å². The Kier molecular flexibility index (Phi) is 2.63. The first kappa shape index (κ1) is 11.9. The van der Waals surface area contributed by atoms with Gasteiger partial charge in [-0.05, 0) is 36.6 Å². The van der Waals surface area contributed by atoms with Gasteiger partial charge in [0, 0.05) is 29.2 Å². The summed E-state index contributed by atoms with van der Waals surface area (Å²) in [7, 11) is 0. The molecule has 2 aliphatic rings. The second-order valence-corrected chi connectivity index (χ2v) is 5.22. The lowest BCUT2D eigenvalue weighted by Crippen LogP contribution is -2.39. The van der Waals surface area contributed by atoms with Crippen molar-refractivity contribution in [2.75, 3.05) is 0 Å². The van der Waals surface area contributed by atoms with Gasteiger partial charge in [-0.3, -0.25) is 0 Å². The Balaban J connectivity index is 1.87. The predicted molar refractivity (Wildman–Crippen MR) is 77.1 cm³/mol. The van der Waals surface area contributed by atoms with E-state index in [0.29, 0.717) is 5.75 Å². The average Bonchev–Trinajstić information content (AvgIpc) is 2.66. The molecule has 0 radical (unpaired) electrons. The van der Waals surface area contributed by atoms with Gasteiger partial charge in [-0.1, -0.05) is 19.7 Å². The smallest absolute Gasteiger partial charge is 0.115 e. The molecule has 3 heteroatoms. The third-order valence-corrected chi connectivity index (χ3v) is 3.92. The van der Waals surface area contributed by atoms with Gasteiger partial charge in [0.25, 0.3) is 0 Å². The standard InChI is InChI=1S/C16H18N2O/c1-10-4-7-16(11(2)17-10)18-9-13-8-14(19)5-6-15(13)12(18)3/h5-6,8,16-17,19H,1-4,7,9H2. The van der Waals surface area contributed by atoms with Crippen molar-refractivity contribution in [1.82, 2.24) is 10.2 Å². The molecule has 0 aliphatic carbocycles. The van der Waals surface area contributed by atoms with Gasteiger partial charge < -0.3 is 15.3 Å². The number of fused-ring (bicyclic) bond motifs is 1. The van der Waals surface area contributed by atoms with Crippen LogP contribution in [0.3, 0.4) is 0 Å². The summed E-state index contributed by atoms with van der Waals surface area (Å²) in [6.07, 6.45) is 1.96. The van der Waals surface area contributed by atoms with Crippen molar-refractivity contribution in [3.63, 3.8) is 0 Å². The van der Waals surface area contributed by atoms with E-state index >= 15 is 0 Å². The Labute approximate surface area is 113 Å². The zero-order valence-electron chi connectivity index (χ0n) is 10.9. The fraction of sp³-hybridized carbons (Fsp3) is 0.250. The van der Waals surface area contributed by atoms with Gasteiger partial charge in [-0.2, -0.15) is 0 Å². The molecule has 0 aromatic heterocycles. The van der Waals surface area contributed by atoms with Crippen molar-refractivity contribution in [2.24, 2.45) is 0 Å². The molecule has 3 nitrogen and oxygen atoms in total. The van der Waals surface area contributed by atoms with Crippen LogP contribution in [0.25, 0.3) is 5.70 Å². The first-order valence-corrected chi connectivity index (χ1v) is 6.47. The molecule has 1 atom stereocenters. The summed E-state index contributed by atoms with van der Waals surface area (Å²) in [5.74, 6) is 0.308. The Morgan fingerprint density at radius 1 is 1.26 bits per heavy atom. The zero-order chi connectivity index (χ0) is 13.6. The van der Waals surface area contributed by atoms with Crippen LogP contribution in [0.2, 0.25) is 0 Å². The Bertz CT molecular complexity index is 588. The van der Waals surface area contributed by atoms with Crippen LogP contribution in [0.4, 0.5) is 0 Å². The van der Waals surface area contributed by atoms with E-state index in [1.54, 1.807) is 6.07 Å². The first-order valence-electron chi connectivity index (χ1n) is 6.47. The molecule has 2 N–H and O–H groups in total. The van der Waals surface area contributed by atoms with E-state index in [0.717, 1.165) is 47.6 Å². The number of nitrogens with one attached hydrogen (secondary N) is 1. The number of benzene rings is 1. The molecule has 2 aliphatic heterocycles. The summed E-state index contributed by atoms with van der Waals surface area (Å²) in [5.41, 5.74) is 5.27. The number of piperidine rings is 1. The number of phenols is 1. The van der Waals surface area contributed by atoms with Crippen LogP contribution in [0.1, 0.15) is 24.0 Å². The largest absolute Gasteiger partial charge is 0.508 e. The molecule has 98 valence electrons.